The Kier molecular flexibility index (Phi) is 3.29. The van der Waals surface area contributed by atoms with Gasteiger partial charge in [-0.05, 0) is 31.4 Å². The Bertz CT molecular complexity index is 409. The van der Waals surface area contributed by atoms with E-state index in [1.807, 2.05) is 19.1 Å². The Balaban J connectivity index is 2.51. The van der Waals surface area contributed by atoms with Crippen LogP contribution in [0.25, 0.3) is 0 Å². The molecular weight excluding hydrogens is 214 g/mol. The number of ether oxygens (including phenoxy) is 1. The van der Waals surface area contributed by atoms with Gasteiger partial charge in [0.05, 0.1) is 12.7 Å². The summed E-state index contributed by atoms with van der Waals surface area (Å²) >= 11 is 0. The molecule has 1 saturated carbocycles. The van der Waals surface area contributed by atoms with Gasteiger partial charge in [-0.2, -0.15) is 0 Å². The molecule has 0 amide bonds. The molecule has 0 spiro atoms. The maximum absolute atomic E-state index is 10.3. The number of benzene rings is 1. The molecule has 0 atom stereocenters. The summed E-state index contributed by atoms with van der Waals surface area (Å²) in [6.07, 6.45) is 5.30. The summed E-state index contributed by atoms with van der Waals surface area (Å²) in [4.78, 5) is 0. The lowest BCUT2D eigenvalue weighted by Crippen LogP contribution is -2.39. The Labute approximate surface area is 103 Å². The highest BCUT2D eigenvalue weighted by atomic mass is 16.5. The third-order valence-corrected chi connectivity index (χ3v) is 3.81. The van der Waals surface area contributed by atoms with Crippen LogP contribution in [0.5, 0.6) is 11.5 Å². The average molecular weight is 235 g/mol. The van der Waals surface area contributed by atoms with Gasteiger partial charge in [-0.25, -0.2) is 0 Å². The molecule has 1 aromatic carbocycles. The first-order chi connectivity index (χ1) is 8.08. The van der Waals surface area contributed by atoms with E-state index in [4.69, 9.17) is 10.5 Å². The van der Waals surface area contributed by atoms with Crippen molar-refractivity contribution in [2.75, 3.05) is 7.11 Å². The van der Waals surface area contributed by atoms with Crippen molar-refractivity contribution >= 4 is 0 Å². The van der Waals surface area contributed by atoms with Gasteiger partial charge in [-0.3, -0.25) is 0 Å². The van der Waals surface area contributed by atoms with Crippen LogP contribution in [0.1, 0.15) is 43.2 Å². The van der Waals surface area contributed by atoms with Crippen LogP contribution in [-0.4, -0.2) is 12.2 Å². The molecule has 17 heavy (non-hydrogen) atoms. The zero-order valence-corrected chi connectivity index (χ0v) is 10.6. The standard InChI is InChI=1S/C14H21NO2/c1-10-6-7-11(17-2)12(13(10)16)14(15)8-4-3-5-9-14/h6-7,16H,3-5,8-9,15H2,1-2H3. The summed E-state index contributed by atoms with van der Waals surface area (Å²) in [5.74, 6) is 1.01. The van der Waals surface area contributed by atoms with Crippen molar-refractivity contribution in [3.8, 4) is 11.5 Å². The van der Waals surface area contributed by atoms with Crippen LogP contribution in [0.3, 0.4) is 0 Å². The predicted octanol–water partition coefficient (Wildman–Crippen LogP) is 2.83. The van der Waals surface area contributed by atoms with Crippen molar-refractivity contribution in [1.82, 2.24) is 0 Å². The zero-order chi connectivity index (χ0) is 12.5. The average Bonchev–Trinajstić information content (AvgIpc) is 2.33. The largest absolute Gasteiger partial charge is 0.507 e. The predicted molar refractivity (Wildman–Crippen MR) is 68.3 cm³/mol. The van der Waals surface area contributed by atoms with Crippen LogP contribution in [0.2, 0.25) is 0 Å². The molecule has 94 valence electrons. The first-order valence-electron chi connectivity index (χ1n) is 6.24. The molecule has 3 N–H and O–H groups in total. The summed E-state index contributed by atoms with van der Waals surface area (Å²) in [6.45, 7) is 1.89. The Morgan fingerprint density at radius 1 is 1.24 bits per heavy atom. The number of aromatic hydroxyl groups is 1. The lowest BCUT2D eigenvalue weighted by Gasteiger charge is -2.35. The van der Waals surface area contributed by atoms with E-state index in [-0.39, 0.29) is 0 Å². The highest BCUT2D eigenvalue weighted by molar-refractivity contribution is 5.52. The van der Waals surface area contributed by atoms with Gasteiger partial charge in [0.25, 0.3) is 0 Å². The molecular formula is C14H21NO2. The Morgan fingerprint density at radius 3 is 2.47 bits per heavy atom. The van der Waals surface area contributed by atoms with E-state index in [0.717, 1.165) is 36.8 Å². The van der Waals surface area contributed by atoms with Gasteiger partial charge in [0.2, 0.25) is 0 Å². The second-order valence-electron chi connectivity index (χ2n) is 5.03. The maximum Gasteiger partial charge on any atom is 0.127 e. The topological polar surface area (TPSA) is 55.5 Å². The van der Waals surface area contributed by atoms with Crippen molar-refractivity contribution in [3.63, 3.8) is 0 Å². The van der Waals surface area contributed by atoms with Crippen molar-refractivity contribution in [2.45, 2.75) is 44.6 Å². The number of phenolic OH excluding ortho intramolecular Hbond substituents is 1. The molecule has 0 unspecified atom stereocenters. The smallest absolute Gasteiger partial charge is 0.127 e. The van der Waals surface area contributed by atoms with Gasteiger partial charge < -0.3 is 15.6 Å². The molecule has 2 rings (SSSR count). The normalized spacial score (nSPS) is 19.0. The number of hydrogen-bond donors (Lipinski definition) is 2. The van der Waals surface area contributed by atoms with Gasteiger partial charge in [0, 0.05) is 5.54 Å². The minimum absolute atomic E-state index is 0.300. The molecule has 0 bridgehead atoms. The van der Waals surface area contributed by atoms with Crippen molar-refractivity contribution < 1.29 is 9.84 Å². The van der Waals surface area contributed by atoms with Gasteiger partial charge >= 0.3 is 0 Å². The number of aryl methyl sites for hydroxylation is 1. The summed E-state index contributed by atoms with van der Waals surface area (Å²) in [5, 5.41) is 10.3. The van der Waals surface area contributed by atoms with Crippen molar-refractivity contribution in [3.05, 3.63) is 23.3 Å². The highest BCUT2D eigenvalue weighted by Crippen LogP contribution is 2.44. The van der Waals surface area contributed by atoms with Crippen molar-refractivity contribution in [2.24, 2.45) is 5.73 Å². The van der Waals surface area contributed by atoms with Crippen LogP contribution in [0, 0.1) is 6.92 Å². The number of nitrogens with two attached hydrogens (primary N) is 1. The molecule has 1 fully saturated rings. The van der Waals surface area contributed by atoms with Crippen LogP contribution in [-0.2, 0) is 5.54 Å². The van der Waals surface area contributed by atoms with E-state index >= 15 is 0 Å². The van der Waals surface area contributed by atoms with E-state index in [9.17, 15) is 5.11 Å². The minimum atomic E-state index is -0.431. The third-order valence-electron chi connectivity index (χ3n) is 3.81. The summed E-state index contributed by atoms with van der Waals surface area (Å²) in [5.41, 5.74) is 7.70. The number of rotatable bonds is 2. The van der Waals surface area contributed by atoms with E-state index in [1.165, 1.54) is 6.42 Å². The molecule has 0 radical (unpaired) electrons. The fourth-order valence-electron chi connectivity index (χ4n) is 2.76. The van der Waals surface area contributed by atoms with Gasteiger partial charge in [-0.1, -0.05) is 25.3 Å². The minimum Gasteiger partial charge on any atom is -0.507 e. The summed E-state index contributed by atoms with van der Waals surface area (Å²) in [7, 11) is 1.62. The molecule has 0 saturated heterocycles. The van der Waals surface area contributed by atoms with Gasteiger partial charge in [0.15, 0.2) is 0 Å². The third kappa shape index (κ3) is 2.12. The maximum atomic E-state index is 10.3. The first kappa shape index (κ1) is 12.2. The Hall–Kier alpha value is -1.22. The van der Waals surface area contributed by atoms with Crippen LogP contribution >= 0.6 is 0 Å². The second kappa shape index (κ2) is 4.57. The van der Waals surface area contributed by atoms with E-state index in [2.05, 4.69) is 0 Å². The second-order valence-corrected chi connectivity index (χ2v) is 5.03. The van der Waals surface area contributed by atoms with Crippen LogP contribution < -0.4 is 10.5 Å². The quantitative estimate of drug-likeness (QED) is 0.828. The molecule has 3 heteroatoms. The number of phenols is 1. The van der Waals surface area contributed by atoms with E-state index in [1.54, 1.807) is 7.11 Å². The van der Waals surface area contributed by atoms with E-state index in [0.29, 0.717) is 11.5 Å². The number of methoxy groups -OCH3 is 1. The zero-order valence-electron chi connectivity index (χ0n) is 10.6. The lowest BCUT2D eigenvalue weighted by atomic mass is 9.76. The monoisotopic (exact) mass is 235 g/mol. The van der Waals surface area contributed by atoms with Crippen molar-refractivity contribution in [1.29, 1.82) is 0 Å². The van der Waals surface area contributed by atoms with Crippen LogP contribution in [0.4, 0.5) is 0 Å². The molecule has 1 aromatic rings. The molecule has 3 nitrogen and oxygen atoms in total. The van der Waals surface area contributed by atoms with Crippen LogP contribution in [0.15, 0.2) is 12.1 Å². The molecule has 0 aliphatic heterocycles. The van der Waals surface area contributed by atoms with E-state index < -0.39 is 5.54 Å². The fourth-order valence-corrected chi connectivity index (χ4v) is 2.76. The SMILES string of the molecule is COc1ccc(C)c(O)c1C1(N)CCCCC1. The first-order valence-corrected chi connectivity index (χ1v) is 6.24. The highest BCUT2D eigenvalue weighted by Gasteiger charge is 2.35. The van der Waals surface area contributed by atoms with Gasteiger partial charge in [-0.15, -0.1) is 0 Å². The Morgan fingerprint density at radius 2 is 1.88 bits per heavy atom. The lowest BCUT2D eigenvalue weighted by molar-refractivity contribution is 0.278. The summed E-state index contributed by atoms with van der Waals surface area (Å²) < 4.78 is 5.36. The summed E-state index contributed by atoms with van der Waals surface area (Å²) in [6, 6.07) is 3.76. The fraction of sp³-hybridized carbons (Fsp3) is 0.571. The molecule has 0 heterocycles. The molecule has 1 aliphatic rings. The van der Waals surface area contributed by atoms with Gasteiger partial charge in [0.1, 0.15) is 11.5 Å². The number of hydrogen-bond acceptors (Lipinski definition) is 3. The molecule has 1 aliphatic carbocycles. The molecule has 0 aromatic heterocycles.